The quantitative estimate of drug-likeness (QED) is 0.508. The lowest BCUT2D eigenvalue weighted by molar-refractivity contribution is 0.0927. The number of ether oxygens (including phenoxy) is 1. The van der Waals surface area contributed by atoms with Crippen LogP contribution in [0.3, 0.4) is 0 Å². The lowest BCUT2D eigenvalue weighted by Gasteiger charge is -2.18. The van der Waals surface area contributed by atoms with Crippen LogP contribution in [0.1, 0.15) is 22.0 Å². The minimum atomic E-state index is -0.733. The van der Waals surface area contributed by atoms with E-state index >= 15 is 0 Å². The largest absolute Gasteiger partial charge is 0.493 e. The van der Waals surface area contributed by atoms with Crippen molar-refractivity contribution in [3.63, 3.8) is 0 Å². The van der Waals surface area contributed by atoms with E-state index < -0.39 is 17.6 Å². The van der Waals surface area contributed by atoms with Crippen molar-refractivity contribution in [1.82, 2.24) is 20.3 Å². The van der Waals surface area contributed by atoms with Crippen LogP contribution in [0.4, 0.5) is 0 Å². The summed E-state index contributed by atoms with van der Waals surface area (Å²) in [6.07, 6.45) is 3.13. The van der Waals surface area contributed by atoms with Crippen LogP contribution in [-0.2, 0) is 6.54 Å². The van der Waals surface area contributed by atoms with Gasteiger partial charge in [-0.05, 0) is 17.7 Å². The second kappa shape index (κ2) is 7.97. The van der Waals surface area contributed by atoms with E-state index in [-0.39, 0.29) is 5.56 Å². The van der Waals surface area contributed by atoms with Gasteiger partial charge in [-0.15, -0.1) is 0 Å². The number of amides is 1. The molecule has 2 heterocycles. The van der Waals surface area contributed by atoms with Crippen LogP contribution in [0.15, 0.2) is 76.2 Å². The summed E-state index contributed by atoms with van der Waals surface area (Å²) in [7, 11) is 1.49. The Labute approximate surface area is 165 Å². The first-order valence-corrected chi connectivity index (χ1v) is 8.96. The van der Waals surface area contributed by atoms with Gasteiger partial charge in [0.2, 0.25) is 0 Å². The highest BCUT2D eigenvalue weighted by atomic mass is 16.5. The number of carbonyl (C=O) groups excluding carboxylic acids is 1. The average Bonchev–Trinajstić information content (AvgIpc) is 3.26. The number of carbonyl (C=O) groups is 1. The SMILES string of the molecule is COc1cccc2cc(C(=O)NC(Cn3nccn3)c3ccccc3)c(=O)oc12. The lowest BCUT2D eigenvalue weighted by atomic mass is 10.1. The first-order chi connectivity index (χ1) is 14.2. The molecular formula is C21H18N4O4. The van der Waals surface area contributed by atoms with Crippen LogP contribution < -0.4 is 15.7 Å². The van der Waals surface area contributed by atoms with Crippen molar-refractivity contribution in [1.29, 1.82) is 0 Å². The molecule has 2 aromatic heterocycles. The maximum absolute atomic E-state index is 12.9. The van der Waals surface area contributed by atoms with E-state index in [0.717, 1.165) is 5.56 Å². The van der Waals surface area contributed by atoms with Crippen molar-refractivity contribution in [2.75, 3.05) is 7.11 Å². The predicted octanol–water partition coefficient (Wildman–Crippen LogP) is 2.56. The van der Waals surface area contributed by atoms with Gasteiger partial charge >= 0.3 is 5.63 Å². The summed E-state index contributed by atoms with van der Waals surface area (Å²) in [5.74, 6) is -0.108. The van der Waals surface area contributed by atoms with Crippen LogP contribution >= 0.6 is 0 Å². The standard InChI is InChI=1S/C21H18N4O4/c1-28-18-9-5-8-15-12-16(21(27)29-19(15)18)20(26)24-17(13-25-22-10-11-23-25)14-6-3-2-4-7-14/h2-12,17H,13H2,1H3,(H,24,26). The fourth-order valence-corrected chi connectivity index (χ4v) is 3.09. The fraction of sp³-hybridized carbons (Fsp3) is 0.143. The third-order valence-electron chi connectivity index (χ3n) is 4.51. The van der Waals surface area contributed by atoms with Crippen molar-refractivity contribution in [2.45, 2.75) is 12.6 Å². The van der Waals surface area contributed by atoms with Crippen molar-refractivity contribution in [3.8, 4) is 5.75 Å². The minimum absolute atomic E-state index is 0.0832. The smallest absolute Gasteiger partial charge is 0.349 e. The third-order valence-corrected chi connectivity index (χ3v) is 4.51. The molecule has 1 unspecified atom stereocenters. The summed E-state index contributed by atoms with van der Waals surface area (Å²) in [5.41, 5.74) is 0.352. The Bertz CT molecular complexity index is 1190. The van der Waals surface area contributed by atoms with Crippen molar-refractivity contribution in [3.05, 3.63) is 88.5 Å². The number of hydrogen-bond donors (Lipinski definition) is 1. The Kier molecular flexibility index (Phi) is 5.07. The van der Waals surface area contributed by atoms with Crippen LogP contribution in [0.25, 0.3) is 11.0 Å². The lowest BCUT2D eigenvalue weighted by Crippen LogP contribution is -2.34. The van der Waals surface area contributed by atoms with Crippen molar-refractivity contribution in [2.24, 2.45) is 0 Å². The number of aromatic nitrogens is 3. The molecule has 0 aliphatic rings. The summed E-state index contributed by atoms with van der Waals surface area (Å²) in [4.78, 5) is 26.9. The minimum Gasteiger partial charge on any atom is -0.493 e. The number of rotatable bonds is 6. The first kappa shape index (κ1) is 18.4. The molecule has 1 amide bonds. The molecule has 1 atom stereocenters. The monoisotopic (exact) mass is 390 g/mol. The van der Waals surface area contributed by atoms with E-state index in [1.54, 1.807) is 30.6 Å². The number of methoxy groups -OCH3 is 1. The highest BCUT2D eigenvalue weighted by Crippen LogP contribution is 2.24. The number of hydrogen-bond acceptors (Lipinski definition) is 6. The Morgan fingerprint density at radius 2 is 1.90 bits per heavy atom. The molecule has 4 rings (SSSR count). The molecule has 0 bridgehead atoms. The van der Waals surface area contributed by atoms with Crippen LogP contribution in [0.2, 0.25) is 0 Å². The fourth-order valence-electron chi connectivity index (χ4n) is 3.09. The molecule has 0 aliphatic heterocycles. The van der Waals surface area contributed by atoms with E-state index in [1.165, 1.54) is 18.0 Å². The van der Waals surface area contributed by atoms with Gasteiger partial charge in [-0.3, -0.25) is 4.79 Å². The normalized spacial score (nSPS) is 11.9. The molecule has 0 aliphatic carbocycles. The molecule has 0 saturated carbocycles. The zero-order chi connectivity index (χ0) is 20.2. The molecule has 0 fully saturated rings. The highest BCUT2D eigenvalue weighted by molar-refractivity contribution is 5.97. The molecule has 0 radical (unpaired) electrons. The van der Waals surface area contributed by atoms with Gasteiger partial charge < -0.3 is 14.5 Å². The zero-order valence-corrected chi connectivity index (χ0v) is 15.6. The van der Waals surface area contributed by atoms with E-state index in [1.807, 2.05) is 30.3 Å². The van der Waals surface area contributed by atoms with E-state index in [0.29, 0.717) is 23.3 Å². The number of nitrogens with one attached hydrogen (secondary N) is 1. The number of nitrogens with zero attached hydrogens (tertiary/aromatic N) is 3. The molecular weight excluding hydrogens is 372 g/mol. The molecule has 146 valence electrons. The van der Waals surface area contributed by atoms with Crippen molar-refractivity contribution < 1.29 is 13.9 Å². The number of fused-ring (bicyclic) bond motifs is 1. The molecule has 8 heteroatoms. The van der Waals surface area contributed by atoms with Crippen LogP contribution in [-0.4, -0.2) is 28.0 Å². The van der Waals surface area contributed by atoms with Gasteiger partial charge in [-0.2, -0.15) is 15.0 Å². The van der Waals surface area contributed by atoms with Crippen LogP contribution in [0, 0.1) is 0 Å². The first-order valence-electron chi connectivity index (χ1n) is 8.96. The second-order valence-electron chi connectivity index (χ2n) is 6.35. The van der Waals surface area contributed by atoms with Crippen LogP contribution in [0.5, 0.6) is 5.75 Å². The third kappa shape index (κ3) is 3.86. The van der Waals surface area contributed by atoms with Gasteiger partial charge in [0.15, 0.2) is 11.3 Å². The molecule has 1 N–H and O–H groups in total. The van der Waals surface area contributed by atoms with Gasteiger partial charge in [0, 0.05) is 5.39 Å². The molecule has 29 heavy (non-hydrogen) atoms. The molecule has 0 spiro atoms. The molecule has 0 saturated heterocycles. The average molecular weight is 390 g/mol. The Balaban J connectivity index is 1.67. The van der Waals surface area contributed by atoms with Gasteiger partial charge in [-0.1, -0.05) is 42.5 Å². The Hall–Kier alpha value is -3.94. The summed E-state index contributed by atoms with van der Waals surface area (Å²) in [5, 5.41) is 11.7. The summed E-state index contributed by atoms with van der Waals surface area (Å²) < 4.78 is 10.6. The topological polar surface area (TPSA) is 99.2 Å². The zero-order valence-electron chi connectivity index (χ0n) is 15.6. The Morgan fingerprint density at radius 3 is 2.62 bits per heavy atom. The van der Waals surface area contributed by atoms with Gasteiger partial charge in [0.1, 0.15) is 5.56 Å². The number of benzene rings is 2. The van der Waals surface area contributed by atoms with Gasteiger partial charge in [0.25, 0.3) is 5.91 Å². The summed E-state index contributed by atoms with van der Waals surface area (Å²) in [6.45, 7) is 0.315. The van der Waals surface area contributed by atoms with Gasteiger partial charge in [0.05, 0.1) is 32.1 Å². The predicted molar refractivity (Wildman–Crippen MR) is 106 cm³/mol. The Morgan fingerprint density at radius 1 is 1.14 bits per heavy atom. The van der Waals surface area contributed by atoms with E-state index in [4.69, 9.17) is 9.15 Å². The van der Waals surface area contributed by atoms with Gasteiger partial charge in [-0.25, -0.2) is 4.79 Å². The van der Waals surface area contributed by atoms with E-state index in [9.17, 15) is 9.59 Å². The summed E-state index contributed by atoms with van der Waals surface area (Å²) >= 11 is 0. The summed E-state index contributed by atoms with van der Waals surface area (Å²) in [6, 6.07) is 15.7. The molecule has 4 aromatic rings. The maximum Gasteiger partial charge on any atom is 0.349 e. The molecule has 8 nitrogen and oxygen atoms in total. The maximum atomic E-state index is 12.9. The van der Waals surface area contributed by atoms with Crippen molar-refractivity contribution >= 4 is 16.9 Å². The second-order valence-corrected chi connectivity index (χ2v) is 6.35. The molecule has 2 aromatic carbocycles. The van der Waals surface area contributed by atoms with E-state index in [2.05, 4.69) is 15.5 Å². The number of para-hydroxylation sites is 1. The highest BCUT2D eigenvalue weighted by Gasteiger charge is 2.21.